The molecule has 0 radical (unpaired) electrons. The van der Waals surface area contributed by atoms with Gasteiger partial charge < -0.3 is 15.1 Å². The van der Waals surface area contributed by atoms with Crippen molar-refractivity contribution >= 4 is 27.3 Å². The SMILES string of the molecule is CCCN1CCN(CCCNC(=O)[C@@H](C)C2CCN(S(=O)(=O)c3cccs3)CC2)CC1. The topological polar surface area (TPSA) is 73.0 Å². The molecule has 9 heteroatoms. The maximum absolute atomic E-state index is 12.7. The van der Waals surface area contributed by atoms with Crippen LogP contribution < -0.4 is 5.32 Å². The van der Waals surface area contributed by atoms with Crippen molar-refractivity contribution < 1.29 is 13.2 Å². The van der Waals surface area contributed by atoms with E-state index >= 15 is 0 Å². The van der Waals surface area contributed by atoms with E-state index in [1.165, 1.54) is 24.3 Å². The molecule has 7 nitrogen and oxygen atoms in total. The fourth-order valence-corrected chi connectivity index (χ4v) is 7.21. The second-order valence-electron chi connectivity index (χ2n) is 8.79. The van der Waals surface area contributed by atoms with Crippen LogP contribution in [0, 0.1) is 11.8 Å². The Morgan fingerprint density at radius 1 is 1.13 bits per heavy atom. The lowest BCUT2D eigenvalue weighted by Gasteiger charge is -2.34. The first-order valence-corrected chi connectivity index (χ1v) is 14.0. The lowest BCUT2D eigenvalue weighted by Crippen LogP contribution is -2.47. The van der Waals surface area contributed by atoms with Gasteiger partial charge in [0, 0.05) is 51.7 Å². The van der Waals surface area contributed by atoms with Crippen molar-refractivity contribution in [3.63, 3.8) is 0 Å². The number of piperidine rings is 1. The third-order valence-electron chi connectivity index (χ3n) is 6.66. The number of nitrogens with zero attached hydrogens (tertiary/aromatic N) is 3. The van der Waals surface area contributed by atoms with Crippen molar-refractivity contribution in [1.29, 1.82) is 0 Å². The summed E-state index contributed by atoms with van der Waals surface area (Å²) in [4.78, 5) is 17.6. The largest absolute Gasteiger partial charge is 0.356 e. The van der Waals surface area contributed by atoms with Gasteiger partial charge in [-0.2, -0.15) is 4.31 Å². The van der Waals surface area contributed by atoms with Crippen LogP contribution in [0.1, 0.15) is 39.5 Å². The minimum atomic E-state index is -3.38. The van der Waals surface area contributed by atoms with Crippen LogP contribution in [-0.2, 0) is 14.8 Å². The highest BCUT2D eigenvalue weighted by atomic mass is 32.2. The summed E-state index contributed by atoms with van der Waals surface area (Å²) in [5.41, 5.74) is 0. The van der Waals surface area contributed by atoms with Crippen LogP contribution in [0.15, 0.2) is 21.7 Å². The third kappa shape index (κ3) is 6.74. The van der Waals surface area contributed by atoms with Gasteiger partial charge in [0.15, 0.2) is 0 Å². The van der Waals surface area contributed by atoms with Crippen molar-refractivity contribution in [2.24, 2.45) is 11.8 Å². The zero-order valence-corrected chi connectivity index (χ0v) is 20.6. The maximum atomic E-state index is 12.7. The predicted octanol–water partition coefficient (Wildman–Crippen LogP) is 2.32. The van der Waals surface area contributed by atoms with E-state index in [4.69, 9.17) is 0 Å². The molecule has 0 aromatic carbocycles. The van der Waals surface area contributed by atoms with Gasteiger partial charge in [0.1, 0.15) is 4.21 Å². The molecule has 2 saturated heterocycles. The van der Waals surface area contributed by atoms with E-state index < -0.39 is 10.0 Å². The smallest absolute Gasteiger partial charge is 0.252 e. The van der Waals surface area contributed by atoms with Gasteiger partial charge in [-0.25, -0.2) is 8.42 Å². The van der Waals surface area contributed by atoms with E-state index in [2.05, 4.69) is 22.0 Å². The monoisotopic (exact) mass is 470 g/mol. The quantitative estimate of drug-likeness (QED) is 0.532. The Labute approximate surface area is 191 Å². The average Bonchev–Trinajstić information content (AvgIpc) is 3.33. The Morgan fingerprint density at radius 3 is 2.35 bits per heavy atom. The fraction of sp³-hybridized carbons (Fsp3) is 0.773. The van der Waals surface area contributed by atoms with Crippen molar-refractivity contribution in [3.8, 4) is 0 Å². The van der Waals surface area contributed by atoms with Crippen LogP contribution in [0.3, 0.4) is 0 Å². The average molecular weight is 471 g/mol. The Morgan fingerprint density at radius 2 is 1.77 bits per heavy atom. The highest BCUT2D eigenvalue weighted by Gasteiger charge is 2.33. The molecule has 176 valence electrons. The Bertz CT molecular complexity index is 769. The van der Waals surface area contributed by atoms with Crippen LogP contribution in [-0.4, -0.2) is 87.3 Å². The summed E-state index contributed by atoms with van der Waals surface area (Å²) >= 11 is 1.26. The van der Waals surface area contributed by atoms with Gasteiger partial charge in [0.2, 0.25) is 5.91 Å². The first-order chi connectivity index (χ1) is 14.9. The summed E-state index contributed by atoms with van der Waals surface area (Å²) in [5.74, 6) is 0.262. The Balaban J connectivity index is 1.33. The summed E-state index contributed by atoms with van der Waals surface area (Å²) < 4.78 is 27.3. The molecule has 3 heterocycles. The molecule has 0 spiro atoms. The van der Waals surface area contributed by atoms with Crippen molar-refractivity contribution in [2.75, 3.05) is 58.9 Å². The van der Waals surface area contributed by atoms with Gasteiger partial charge in [0.05, 0.1) is 0 Å². The van der Waals surface area contributed by atoms with E-state index in [0.29, 0.717) is 23.8 Å². The zero-order chi connectivity index (χ0) is 22.3. The molecular formula is C22H38N4O3S2. The predicted molar refractivity (Wildman–Crippen MR) is 126 cm³/mol. The minimum absolute atomic E-state index is 0.0795. The van der Waals surface area contributed by atoms with Crippen LogP contribution in [0.25, 0.3) is 0 Å². The molecule has 1 amide bonds. The molecule has 1 aromatic rings. The summed E-state index contributed by atoms with van der Waals surface area (Å²) in [5, 5.41) is 4.90. The molecule has 2 aliphatic heterocycles. The fourth-order valence-electron chi connectivity index (χ4n) is 4.60. The molecule has 0 bridgehead atoms. The molecule has 2 fully saturated rings. The molecule has 3 rings (SSSR count). The van der Waals surface area contributed by atoms with Gasteiger partial charge in [-0.05, 0) is 56.1 Å². The lowest BCUT2D eigenvalue weighted by atomic mass is 9.85. The highest BCUT2D eigenvalue weighted by Crippen LogP contribution is 2.29. The first kappa shape index (κ1) is 24.6. The summed E-state index contributed by atoms with van der Waals surface area (Å²) in [6, 6.07) is 3.43. The molecule has 0 aliphatic carbocycles. The van der Waals surface area contributed by atoms with Gasteiger partial charge in [-0.1, -0.05) is 19.9 Å². The van der Waals surface area contributed by atoms with Crippen LogP contribution >= 0.6 is 11.3 Å². The molecule has 0 saturated carbocycles. The van der Waals surface area contributed by atoms with E-state index in [-0.39, 0.29) is 17.7 Å². The number of rotatable bonds is 10. The molecule has 1 aromatic heterocycles. The van der Waals surface area contributed by atoms with Gasteiger partial charge in [-0.3, -0.25) is 4.79 Å². The number of carbonyl (C=O) groups is 1. The number of amides is 1. The number of carbonyl (C=O) groups excluding carboxylic acids is 1. The van der Waals surface area contributed by atoms with E-state index in [9.17, 15) is 13.2 Å². The van der Waals surface area contributed by atoms with E-state index in [1.54, 1.807) is 21.8 Å². The first-order valence-electron chi connectivity index (χ1n) is 11.7. The number of sulfonamides is 1. The normalized spacial score (nSPS) is 21.2. The molecule has 2 aliphatic rings. The zero-order valence-electron chi connectivity index (χ0n) is 19.0. The van der Waals surface area contributed by atoms with Gasteiger partial charge >= 0.3 is 0 Å². The maximum Gasteiger partial charge on any atom is 0.252 e. The van der Waals surface area contributed by atoms with Crippen LogP contribution in [0.2, 0.25) is 0 Å². The second kappa shape index (κ2) is 11.7. The number of hydrogen-bond donors (Lipinski definition) is 1. The van der Waals surface area contributed by atoms with Crippen LogP contribution in [0.5, 0.6) is 0 Å². The van der Waals surface area contributed by atoms with Gasteiger partial charge in [0.25, 0.3) is 10.0 Å². The van der Waals surface area contributed by atoms with Crippen LogP contribution in [0.4, 0.5) is 0 Å². The number of nitrogens with one attached hydrogen (secondary N) is 1. The van der Waals surface area contributed by atoms with E-state index in [0.717, 1.165) is 52.0 Å². The third-order valence-corrected chi connectivity index (χ3v) is 9.94. The standard InChI is InChI=1S/C22H38N4O3S2/c1-3-10-24-14-16-25(17-15-24)11-5-9-23-22(27)19(2)20-7-12-26(13-8-20)31(28,29)21-6-4-18-30-21/h4,6,18-20H,3,5,7-17H2,1-2H3,(H,23,27)/t19-/m0/s1. The van der Waals surface area contributed by atoms with Crippen molar-refractivity contribution in [2.45, 2.75) is 43.7 Å². The summed E-state index contributed by atoms with van der Waals surface area (Å²) in [6.45, 7) is 12.7. The molecule has 1 N–H and O–H groups in total. The number of hydrogen-bond acceptors (Lipinski definition) is 6. The molecule has 0 unspecified atom stereocenters. The number of thiophene rings is 1. The van der Waals surface area contributed by atoms with Crippen molar-refractivity contribution in [1.82, 2.24) is 19.4 Å². The second-order valence-corrected chi connectivity index (χ2v) is 11.9. The van der Waals surface area contributed by atoms with E-state index in [1.807, 2.05) is 6.92 Å². The Hall–Kier alpha value is -1.00. The molecule has 1 atom stereocenters. The lowest BCUT2D eigenvalue weighted by molar-refractivity contribution is -0.126. The molecular weight excluding hydrogens is 432 g/mol. The van der Waals surface area contributed by atoms with Crippen molar-refractivity contribution in [3.05, 3.63) is 17.5 Å². The summed E-state index contributed by atoms with van der Waals surface area (Å²) in [7, 11) is -3.38. The minimum Gasteiger partial charge on any atom is -0.356 e. The highest BCUT2D eigenvalue weighted by molar-refractivity contribution is 7.91. The molecule has 31 heavy (non-hydrogen) atoms. The summed E-state index contributed by atoms with van der Waals surface area (Å²) in [6.07, 6.45) is 3.67. The number of piperazine rings is 1. The van der Waals surface area contributed by atoms with Gasteiger partial charge in [-0.15, -0.1) is 11.3 Å². The Kier molecular flexibility index (Phi) is 9.33.